The SMILES string of the molecule is COC(=O)c1ccc2cccc(-c3ncc(F)cc3F)c2c1. The molecule has 0 saturated heterocycles. The second kappa shape index (κ2) is 5.52. The van der Waals surface area contributed by atoms with E-state index in [2.05, 4.69) is 4.98 Å². The molecule has 0 unspecified atom stereocenters. The maximum absolute atomic E-state index is 14.0. The van der Waals surface area contributed by atoms with E-state index < -0.39 is 17.6 Å². The van der Waals surface area contributed by atoms with E-state index in [1.54, 1.807) is 30.3 Å². The van der Waals surface area contributed by atoms with Gasteiger partial charge in [-0.1, -0.05) is 24.3 Å². The predicted molar refractivity (Wildman–Crippen MR) is 78.4 cm³/mol. The molecule has 2 aromatic carbocycles. The first-order valence-electron chi connectivity index (χ1n) is 6.52. The Morgan fingerprint density at radius 2 is 1.95 bits per heavy atom. The number of carbonyl (C=O) groups is 1. The van der Waals surface area contributed by atoms with Gasteiger partial charge in [0.2, 0.25) is 0 Å². The van der Waals surface area contributed by atoms with Crippen LogP contribution in [-0.2, 0) is 4.74 Å². The summed E-state index contributed by atoms with van der Waals surface area (Å²) in [5.41, 5.74) is 0.875. The topological polar surface area (TPSA) is 39.2 Å². The van der Waals surface area contributed by atoms with Gasteiger partial charge in [-0.15, -0.1) is 0 Å². The van der Waals surface area contributed by atoms with E-state index in [-0.39, 0.29) is 5.69 Å². The van der Waals surface area contributed by atoms with Crippen molar-refractivity contribution in [1.29, 1.82) is 0 Å². The standard InChI is InChI=1S/C17H11F2NO2/c1-22-17(21)11-6-5-10-3-2-4-13(14(10)7-11)16-15(19)8-12(18)9-20-16/h2-9H,1H3. The summed E-state index contributed by atoms with van der Waals surface area (Å²) >= 11 is 0. The number of hydrogen-bond acceptors (Lipinski definition) is 3. The molecule has 110 valence electrons. The summed E-state index contributed by atoms with van der Waals surface area (Å²) in [6.07, 6.45) is 0.960. The van der Waals surface area contributed by atoms with Crippen LogP contribution in [0.5, 0.6) is 0 Å². The second-order valence-electron chi connectivity index (χ2n) is 4.72. The zero-order chi connectivity index (χ0) is 15.7. The number of esters is 1. The molecule has 0 aliphatic carbocycles. The Kier molecular flexibility index (Phi) is 3.55. The minimum atomic E-state index is -0.754. The Morgan fingerprint density at radius 1 is 1.14 bits per heavy atom. The molecule has 0 aliphatic heterocycles. The van der Waals surface area contributed by atoms with E-state index in [0.29, 0.717) is 16.5 Å². The summed E-state index contributed by atoms with van der Waals surface area (Å²) in [5.74, 6) is -1.98. The van der Waals surface area contributed by atoms with Crippen LogP contribution in [0.3, 0.4) is 0 Å². The third-order valence-electron chi connectivity index (χ3n) is 3.37. The number of ether oxygens (including phenoxy) is 1. The molecule has 3 rings (SSSR count). The third-order valence-corrected chi connectivity index (χ3v) is 3.37. The van der Waals surface area contributed by atoms with Crippen molar-refractivity contribution in [3.63, 3.8) is 0 Å². The fraction of sp³-hybridized carbons (Fsp3) is 0.0588. The largest absolute Gasteiger partial charge is 0.465 e. The number of rotatable bonds is 2. The van der Waals surface area contributed by atoms with Gasteiger partial charge in [0.25, 0.3) is 0 Å². The monoisotopic (exact) mass is 299 g/mol. The summed E-state index contributed by atoms with van der Waals surface area (Å²) in [6.45, 7) is 0. The lowest BCUT2D eigenvalue weighted by Gasteiger charge is -2.08. The average Bonchev–Trinajstić information content (AvgIpc) is 2.53. The van der Waals surface area contributed by atoms with E-state index in [1.165, 1.54) is 7.11 Å². The van der Waals surface area contributed by atoms with Gasteiger partial charge in [0, 0.05) is 11.6 Å². The van der Waals surface area contributed by atoms with Crippen LogP contribution >= 0.6 is 0 Å². The highest BCUT2D eigenvalue weighted by Crippen LogP contribution is 2.30. The lowest BCUT2D eigenvalue weighted by Crippen LogP contribution is -2.01. The van der Waals surface area contributed by atoms with Gasteiger partial charge in [-0.2, -0.15) is 0 Å². The van der Waals surface area contributed by atoms with Crippen molar-refractivity contribution in [1.82, 2.24) is 4.98 Å². The van der Waals surface area contributed by atoms with Gasteiger partial charge in [-0.3, -0.25) is 4.98 Å². The number of benzene rings is 2. The van der Waals surface area contributed by atoms with Crippen molar-refractivity contribution < 1.29 is 18.3 Å². The molecule has 0 amide bonds. The summed E-state index contributed by atoms with van der Waals surface area (Å²) in [5, 5.41) is 1.46. The van der Waals surface area contributed by atoms with Crippen LogP contribution in [0.1, 0.15) is 10.4 Å². The summed E-state index contributed by atoms with van der Waals surface area (Å²) in [4.78, 5) is 15.5. The Hall–Kier alpha value is -2.82. The normalized spacial score (nSPS) is 10.7. The molecule has 1 heterocycles. The van der Waals surface area contributed by atoms with Gasteiger partial charge in [-0.25, -0.2) is 13.6 Å². The van der Waals surface area contributed by atoms with Gasteiger partial charge in [0.15, 0.2) is 5.82 Å². The van der Waals surface area contributed by atoms with Crippen molar-refractivity contribution >= 4 is 16.7 Å². The van der Waals surface area contributed by atoms with Crippen molar-refractivity contribution in [2.45, 2.75) is 0 Å². The van der Waals surface area contributed by atoms with Gasteiger partial charge in [-0.05, 0) is 22.9 Å². The lowest BCUT2D eigenvalue weighted by atomic mass is 9.99. The first-order valence-corrected chi connectivity index (χ1v) is 6.52. The van der Waals surface area contributed by atoms with Crippen molar-refractivity contribution in [3.05, 3.63) is 65.9 Å². The van der Waals surface area contributed by atoms with Gasteiger partial charge >= 0.3 is 5.97 Å². The average molecular weight is 299 g/mol. The molecule has 0 N–H and O–H groups in total. The molecule has 0 bridgehead atoms. The lowest BCUT2D eigenvalue weighted by molar-refractivity contribution is 0.0601. The number of carbonyl (C=O) groups excluding carboxylic acids is 1. The molecule has 0 aliphatic rings. The predicted octanol–water partition coefficient (Wildman–Crippen LogP) is 3.97. The zero-order valence-corrected chi connectivity index (χ0v) is 11.6. The van der Waals surface area contributed by atoms with Crippen LogP contribution in [-0.4, -0.2) is 18.1 Å². The number of nitrogens with zero attached hydrogens (tertiary/aromatic N) is 1. The fourth-order valence-electron chi connectivity index (χ4n) is 2.34. The van der Waals surface area contributed by atoms with E-state index in [0.717, 1.165) is 17.6 Å². The van der Waals surface area contributed by atoms with Crippen molar-refractivity contribution in [2.24, 2.45) is 0 Å². The molecular formula is C17H11F2NO2. The van der Waals surface area contributed by atoms with Crippen molar-refractivity contribution in [3.8, 4) is 11.3 Å². The van der Waals surface area contributed by atoms with E-state index >= 15 is 0 Å². The first kappa shape index (κ1) is 14.1. The molecule has 0 atom stereocenters. The molecule has 1 aromatic heterocycles. The Bertz CT molecular complexity index is 878. The summed E-state index contributed by atoms with van der Waals surface area (Å²) < 4.78 is 31.7. The summed E-state index contributed by atoms with van der Waals surface area (Å²) in [6, 6.07) is 11.0. The highest BCUT2D eigenvalue weighted by Gasteiger charge is 2.13. The zero-order valence-electron chi connectivity index (χ0n) is 11.6. The van der Waals surface area contributed by atoms with Crippen LogP contribution in [0, 0.1) is 11.6 Å². The van der Waals surface area contributed by atoms with Crippen LogP contribution in [0.25, 0.3) is 22.0 Å². The van der Waals surface area contributed by atoms with E-state index in [1.807, 2.05) is 6.07 Å². The Balaban J connectivity index is 2.26. The summed E-state index contributed by atoms with van der Waals surface area (Å²) in [7, 11) is 1.29. The molecule has 3 nitrogen and oxygen atoms in total. The van der Waals surface area contributed by atoms with Crippen LogP contribution in [0.2, 0.25) is 0 Å². The highest BCUT2D eigenvalue weighted by atomic mass is 19.1. The van der Waals surface area contributed by atoms with Crippen LogP contribution in [0.4, 0.5) is 8.78 Å². The smallest absolute Gasteiger partial charge is 0.337 e. The second-order valence-corrected chi connectivity index (χ2v) is 4.72. The number of methoxy groups -OCH3 is 1. The van der Waals surface area contributed by atoms with Crippen LogP contribution < -0.4 is 0 Å². The molecule has 0 saturated carbocycles. The molecule has 0 spiro atoms. The number of aromatic nitrogens is 1. The number of hydrogen-bond donors (Lipinski definition) is 0. The Labute approximate surface area is 125 Å². The number of pyridine rings is 1. The molecule has 0 radical (unpaired) electrons. The third kappa shape index (κ3) is 2.41. The highest BCUT2D eigenvalue weighted by molar-refractivity contribution is 6.01. The minimum absolute atomic E-state index is 0.0361. The maximum Gasteiger partial charge on any atom is 0.337 e. The minimum Gasteiger partial charge on any atom is -0.465 e. The quantitative estimate of drug-likeness (QED) is 0.672. The molecule has 0 fully saturated rings. The van der Waals surface area contributed by atoms with E-state index in [9.17, 15) is 13.6 Å². The van der Waals surface area contributed by atoms with Gasteiger partial charge in [0.05, 0.1) is 18.9 Å². The number of fused-ring (bicyclic) bond motifs is 1. The van der Waals surface area contributed by atoms with Crippen molar-refractivity contribution in [2.75, 3.05) is 7.11 Å². The van der Waals surface area contributed by atoms with Crippen LogP contribution in [0.15, 0.2) is 48.7 Å². The van der Waals surface area contributed by atoms with E-state index in [4.69, 9.17) is 4.74 Å². The first-order chi connectivity index (χ1) is 10.6. The molecule has 3 aromatic rings. The molecule has 22 heavy (non-hydrogen) atoms. The van der Waals surface area contributed by atoms with Gasteiger partial charge in [0.1, 0.15) is 11.5 Å². The molecular weight excluding hydrogens is 288 g/mol. The fourth-order valence-corrected chi connectivity index (χ4v) is 2.34. The van der Waals surface area contributed by atoms with Gasteiger partial charge < -0.3 is 4.74 Å². The maximum atomic E-state index is 14.0. The number of halogens is 2. The molecule has 5 heteroatoms. The Morgan fingerprint density at radius 3 is 2.68 bits per heavy atom.